The number of hydrogen-bond donors (Lipinski definition) is 0. The Labute approximate surface area is 196 Å². The van der Waals surface area contributed by atoms with Crippen LogP contribution >= 0.6 is 0 Å². The standard InChI is InChI=1S/C28H20N2O4/c1-29-25(31)21-12-5-3-10-19(21)23(27(29)33)15-17-8-7-9-18(14-17)16-24-20-11-4-6-13-22(20)26(32)30(2)28(24)34/h3-16H,1-2H3/b23-15-,24-16-. The number of benzene rings is 3. The van der Waals surface area contributed by atoms with E-state index >= 15 is 0 Å². The molecule has 34 heavy (non-hydrogen) atoms. The molecule has 166 valence electrons. The average Bonchev–Trinajstić information content (AvgIpc) is 2.87. The van der Waals surface area contributed by atoms with E-state index in [0.717, 1.165) is 20.9 Å². The summed E-state index contributed by atoms with van der Waals surface area (Å²) in [6.07, 6.45) is 3.50. The molecular formula is C28H20N2O4. The van der Waals surface area contributed by atoms with Gasteiger partial charge < -0.3 is 0 Å². The molecule has 0 saturated heterocycles. The van der Waals surface area contributed by atoms with Crippen molar-refractivity contribution >= 4 is 46.9 Å². The van der Waals surface area contributed by atoms with E-state index in [1.807, 2.05) is 24.3 Å². The Morgan fingerprint density at radius 3 is 1.29 bits per heavy atom. The third-order valence-corrected chi connectivity index (χ3v) is 6.11. The largest absolute Gasteiger partial charge is 0.277 e. The van der Waals surface area contributed by atoms with E-state index in [4.69, 9.17) is 0 Å². The maximum atomic E-state index is 12.9. The minimum Gasteiger partial charge on any atom is -0.277 e. The van der Waals surface area contributed by atoms with Gasteiger partial charge in [0.25, 0.3) is 23.6 Å². The van der Waals surface area contributed by atoms with Crippen LogP contribution in [-0.2, 0) is 9.59 Å². The molecule has 6 heteroatoms. The van der Waals surface area contributed by atoms with Crippen molar-refractivity contribution in [3.8, 4) is 0 Å². The van der Waals surface area contributed by atoms with E-state index in [1.54, 1.807) is 60.7 Å². The number of amides is 4. The second kappa shape index (κ2) is 8.08. The second-order valence-corrected chi connectivity index (χ2v) is 8.22. The summed E-state index contributed by atoms with van der Waals surface area (Å²) in [6.45, 7) is 0. The summed E-state index contributed by atoms with van der Waals surface area (Å²) in [6, 6.07) is 21.5. The summed E-state index contributed by atoms with van der Waals surface area (Å²) in [4.78, 5) is 53.0. The van der Waals surface area contributed by atoms with Crippen LogP contribution in [0.1, 0.15) is 43.0 Å². The summed E-state index contributed by atoms with van der Waals surface area (Å²) in [5.41, 5.74) is 4.48. The van der Waals surface area contributed by atoms with E-state index in [1.165, 1.54) is 14.1 Å². The van der Waals surface area contributed by atoms with Crippen molar-refractivity contribution < 1.29 is 19.2 Å². The van der Waals surface area contributed by atoms with Crippen LogP contribution in [0.3, 0.4) is 0 Å². The van der Waals surface area contributed by atoms with Gasteiger partial charge in [0.05, 0.1) is 0 Å². The maximum absolute atomic E-state index is 12.9. The van der Waals surface area contributed by atoms with Gasteiger partial charge in [-0.3, -0.25) is 29.0 Å². The molecule has 3 aromatic rings. The second-order valence-electron chi connectivity index (χ2n) is 8.22. The minimum atomic E-state index is -0.371. The van der Waals surface area contributed by atoms with Crippen molar-refractivity contribution in [2.75, 3.05) is 14.1 Å². The predicted octanol–water partition coefficient (Wildman–Crippen LogP) is 3.99. The topological polar surface area (TPSA) is 74.8 Å². The monoisotopic (exact) mass is 448 g/mol. The van der Waals surface area contributed by atoms with E-state index in [9.17, 15) is 19.2 Å². The van der Waals surface area contributed by atoms with Crippen molar-refractivity contribution in [3.05, 3.63) is 106 Å². The quantitative estimate of drug-likeness (QED) is 0.439. The molecule has 0 fully saturated rings. The molecule has 0 aromatic heterocycles. The van der Waals surface area contributed by atoms with Crippen LogP contribution in [-0.4, -0.2) is 47.5 Å². The van der Waals surface area contributed by atoms with Gasteiger partial charge in [-0.2, -0.15) is 0 Å². The first kappa shape index (κ1) is 21.3. The highest BCUT2D eigenvalue weighted by molar-refractivity contribution is 6.34. The Morgan fingerprint density at radius 2 is 0.882 bits per heavy atom. The molecule has 0 spiro atoms. The van der Waals surface area contributed by atoms with E-state index in [2.05, 4.69) is 0 Å². The van der Waals surface area contributed by atoms with Crippen LogP contribution in [0.15, 0.2) is 72.8 Å². The number of nitrogens with zero attached hydrogens (tertiary/aromatic N) is 2. The lowest BCUT2D eigenvalue weighted by molar-refractivity contribution is -0.122. The van der Waals surface area contributed by atoms with Crippen LogP contribution < -0.4 is 0 Å². The van der Waals surface area contributed by atoms with Gasteiger partial charge in [0.15, 0.2) is 0 Å². The number of imide groups is 2. The summed E-state index contributed by atoms with van der Waals surface area (Å²) in [7, 11) is 2.94. The first-order valence-electron chi connectivity index (χ1n) is 10.7. The lowest BCUT2D eigenvalue weighted by atomic mass is 9.91. The minimum absolute atomic E-state index is 0.329. The Kier molecular flexibility index (Phi) is 5.06. The van der Waals surface area contributed by atoms with Crippen LogP contribution in [0, 0.1) is 0 Å². The summed E-state index contributed by atoms with van der Waals surface area (Å²) in [5, 5.41) is 0. The molecule has 0 unspecified atom stereocenters. The van der Waals surface area contributed by atoms with Crippen molar-refractivity contribution in [3.63, 3.8) is 0 Å². The van der Waals surface area contributed by atoms with Crippen molar-refractivity contribution in [2.45, 2.75) is 0 Å². The molecule has 2 aliphatic heterocycles. The molecule has 4 amide bonds. The molecule has 2 aliphatic rings. The lowest BCUT2D eigenvalue weighted by Gasteiger charge is -2.25. The first-order valence-corrected chi connectivity index (χ1v) is 10.7. The Balaban J connectivity index is 1.60. The number of hydrogen-bond acceptors (Lipinski definition) is 4. The van der Waals surface area contributed by atoms with Crippen LogP contribution in [0.4, 0.5) is 0 Å². The molecule has 5 rings (SSSR count). The Morgan fingerprint density at radius 1 is 0.500 bits per heavy atom. The molecule has 3 aromatic carbocycles. The van der Waals surface area contributed by atoms with Crippen LogP contribution in [0.5, 0.6) is 0 Å². The van der Waals surface area contributed by atoms with Crippen molar-refractivity contribution in [1.29, 1.82) is 0 Å². The lowest BCUT2D eigenvalue weighted by Crippen LogP contribution is -2.38. The number of likely N-dealkylation sites (N-methyl/N-ethyl adjacent to an activating group) is 2. The zero-order chi connectivity index (χ0) is 24.0. The third kappa shape index (κ3) is 3.36. The highest BCUT2D eigenvalue weighted by atomic mass is 16.2. The molecule has 0 N–H and O–H groups in total. The third-order valence-electron chi connectivity index (χ3n) is 6.11. The molecule has 2 heterocycles. The normalized spacial score (nSPS) is 17.9. The molecule has 0 radical (unpaired) electrons. The van der Waals surface area contributed by atoms with Gasteiger partial charge >= 0.3 is 0 Å². The fourth-order valence-electron chi connectivity index (χ4n) is 4.30. The Bertz CT molecular complexity index is 1360. The highest BCUT2D eigenvalue weighted by Gasteiger charge is 2.33. The predicted molar refractivity (Wildman–Crippen MR) is 129 cm³/mol. The number of fused-ring (bicyclic) bond motifs is 2. The average molecular weight is 448 g/mol. The Hall–Kier alpha value is -4.58. The van der Waals surface area contributed by atoms with E-state index < -0.39 is 0 Å². The maximum Gasteiger partial charge on any atom is 0.261 e. The van der Waals surface area contributed by atoms with E-state index in [0.29, 0.717) is 33.4 Å². The summed E-state index contributed by atoms with van der Waals surface area (Å²) in [5.74, 6) is -1.40. The highest BCUT2D eigenvalue weighted by Crippen LogP contribution is 2.32. The van der Waals surface area contributed by atoms with Gasteiger partial charge in [-0.25, -0.2) is 0 Å². The smallest absolute Gasteiger partial charge is 0.261 e. The summed E-state index contributed by atoms with van der Waals surface area (Å²) < 4.78 is 0. The molecule has 0 atom stereocenters. The number of rotatable bonds is 2. The van der Waals surface area contributed by atoms with Crippen LogP contribution in [0.2, 0.25) is 0 Å². The fraction of sp³-hybridized carbons (Fsp3) is 0.0714. The molecule has 6 nitrogen and oxygen atoms in total. The van der Waals surface area contributed by atoms with Gasteiger partial charge in [0.2, 0.25) is 0 Å². The molecular weight excluding hydrogens is 428 g/mol. The van der Waals surface area contributed by atoms with Crippen LogP contribution in [0.25, 0.3) is 23.3 Å². The van der Waals surface area contributed by atoms with Gasteiger partial charge in [0.1, 0.15) is 0 Å². The molecule has 0 aliphatic carbocycles. The van der Waals surface area contributed by atoms with E-state index in [-0.39, 0.29) is 23.6 Å². The molecule has 0 bridgehead atoms. The SMILES string of the molecule is CN1C(=O)/C(=C\c2cccc(/C=C3\C(=O)N(C)C(=O)c4ccccc43)c2)c2ccccc2C1=O. The zero-order valence-electron chi connectivity index (χ0n) is 18.6. The van der Waals surface area contributed by atoms with Crippen molar-refractivity contribution in [1.82, 2.24) is 9.80 Å². The van der Waals surface area contributed by atoms with Gasteiger partial charge in [-0.1, -0.05) is 54.6 Å². The number of carbonyl (C=O) groups excluding carboxylic acids is 4. The van der Waals surface area contributed by atoms with Gasteiger partial charge in [-0.05, 0) is 52.6 Å². The van der Waals surface area contributed by atoms with Crippen molar-refractivity contribution in [2.24, 2.45) is 0 Å². The fourth-order valence-corrected chi connectivity index (χ4v) is 4.30. The summed E-state index contributed by atoms with van der Waals surface area (Å²) >= 11 is 0. The zero-order valence-corrected chi connectivity index (χ0v) is 18.6. The number of carbonyl (C=O) groups is 4. The van der Waals surface area contributed by atoms with Gasteiger partial charge in [-0.15, -0.1) is 0 Å². The molecule has 0 saturated carbocycles. The first-order chi connectivity index (χ1) is 16.4. The van der Waals surface area contributed by atoms with Gasteiger partial charge in [0, 0.05) is 36.4 Å².